The molecule has 1 aliphatic heterocycles. The van der Waals surface area contributed by atoms with Crippen LogP contribution in [-0.2, 0) is 20.7 Å². The van der Waals surface area contributed by atoms with Gasteiger partial charge in [-0.25, -0.2) is 9.78 Å². The summed E-state index contributed by atoms with van der Waals surface area (Å²) in [6, 6.07) is 10.2. The Morgan fingerprint density at radius 1 is 1.18 bits per heavy atom. The molecule has 2 heterocycles. The zero-order valence-corrected chi connectivity index (χ0v) is 19.1. The number of hydrogen-bond donors (Lipinski definition) is 2. The number of aryl methyl sites for hydroxylation is 1. The second-order valence-electron chi connectivity index (χ2n) is 8.72. The van der Waals surface area contributed by atoms with Crippen molar-refractivity contribution in [3.8, 4) is 0 Å². The van der Waals surface area contributed by atoms with E-state index in [0.717, 1.165) is 17.6 Å². The molecular formula is C26H28N2O6. The van der Waals surface area contributed by atoms with Gasteiger partial charge in [-0.1, -0.05) is 35.9 Å². The highest BCUT2D eigenvalue weighted by atomic mass is 16.7. The van der Waals surface area contributed by atoms with Crippen molar-refractivity contribution in [2.24, 2.45) is 0 Å². The normalized spacial score (nSPS) is 23.3. The smallest absolute Gasteiger partial charge is 0.350 e. The van der Waals surface area contributed by atoms with Crippen molar-refractivity contribution in [3.05, 3.63) is 70.9 Å². The summed E-state index contributed by atoms with van der Waals surface area (Å²) in [7, 11) is 0. The van der Waals surface area contributed by atoms with Gasteiger partial charge in [0, 0.05) is 30.4 Å². The van der Waals surface area contributed by atoms with E-state index in [2.05, 4.69) is 4.98 Å². The number of benzene rings is 1. The Morgan fingerprint density at radius 2 is 1.91 bits per heavy atom. The molecule has 1 aliphatic carbocycles. The fourth-order valence-electron chi connectivity index (χ4n) is 4.43. The van der Waals surface area contributed by atoms with Crippen LogP contribution >= 0.6 is 0 Å². The molecule has 2 aromatic rings. The van der Waals surface area contributed by atoms with Crippen LogP contribution in [0.15, 0.2) is 54.2 Å². The number of fused-ring (bicyclic) bond motifs is 2. The third-order valence-corrected chi connectivity index (χ3v) is 6.42. The summed E-state index contributed by atoms with van der Waals surface area (Å²) in [5, 5.41) is 8.94. The van der Waals surface area contributed by atoms with E-state index in [4.69, 9.17) is 20.3 Å². The zero-order valence-electron chi connectivity index (χ0n) is 19.1. The lowest BCUT2D eigenvalue weighted by molar-refractivity contribution is -0.148. The van der Waals surface area contributed by atoms with Crippen molar-refractivity contribution < 1.29 is 29.0 Å². The molecule has 0 amide bonds. The number of ether oxygens (including phenoxy) is 2. The molecule has 178 valence electrons. The second-order valence-corrected chi connectivity index (χ2v) is 8.72. The van der Waals surface area contributed by atoms with E-state index in [-0.39, 0.29) is 36.5 Å². The second kappa shape index (κ2) is 9.48. The fraction of sp³-hybridized carbons (Fsp3) is 0.385. The number of carbonyl (C=O) groups is 3. The molecule has 1 aromatic heterocycles. The van der Waals surface area contributed by atoms with E-state index in [0.29, 0.717) is 25.1 Å². The predicted octanol–water partition coefficient (Wildman–Crippen LogP) is 2.84. The van der Waals surface area contributed by atoms with Crippen LogP contribution in [0.5, 0.6) is 0 Å². The standard InChI is InChI=1S/C26H28N2O6/c1-17(8-9-18-11-13-28-21(27)16-18)10-12-25-22(30)19-6-2-3-7-20(19)23(31)26(25,34-25)24(32)33-15-5-4-14-29/h2-3,6-7,10-11,13,16,29H,4-5,8-9,12,14-15H2,1H3,(H2,27,28)/b17-10+/t25-,26-/m0/s1. The molecule has 1 aromatic carbocycles. The number of pyridine rings is 1. The topological polar surface area (TPSA) is 132 Å². The first-order valence-electron chi connectivity index (χ1n) is 11.4. The number of unbranched alkanes of at least 4 members (excludes halogenated alkanes) is 1. The van der Waals surface area contributed by atoms with Gasteiger partial charge in [-0.2, -0.15) is 0 Å². The number of rotatable bonds is 10. The third-order valence-electron chi connectivity index (χ3n) is 6.42. The van der Waals surface area contributed by atoms with Gasteiger partial charge in [0.05, 0.1) is 6.61 Å². The van der Waals surface area contributed by atoms with Crippen molar-refractivity contribution in [1.82, 2.24) is 4.98 Å². The number of carbonyl (C=O) groups excluding carboxylic acids is 3. The molecule has 2 aliphatic rings. The number of ketones is 2. The first-order valence-corrected chi connectivity index (χ1v) is 11.4. The van der Waals surface area contributed by atoms with Crippen molar-refractivity contribution in [1.29, 1.82) is 0 Å². The van der Waals surface area contributed by atoms with Crippen LogP contribution in [0.4, 0.5) is 5.82 Å². The maximum Gasteiger partial charge on any atom is 0.350 e. The van der Waals surface area contributed by atoms with E-state index in [1.54, 1.807) is 24.4 Å². The van der Waals surface area contributed by atoms with E-state index >= 15 is 0 Å². The number of nitrogens with zero attached hydrogens (tertiary/aromatic N) is 1. The lowest BCUT2D eigenvalue weighted by Gasteiger charge is -2.23. The molecule has 34 heavy (non-hydrogen) atoms. The van der Waals surface area contributed by atoms with Crippen LogP contribution < -0.4 is 5.73 Å². The number of aliphatic hydroxyl groups excluding tert-OH is 1. The van der Waals surface area contributed by atoms with Crippen LogP contribution in [0.3, 0.4) is 0 Å². The van der Waals surface area contributed by atoms with Gasteiger partial charge < -0.3 is 20.3 Å². The molecule has 0 unspecified atom stereocenters. The summed E-state index contributed by atoms with van der Waals surface area (Å²) in [4.78, 5) is 43.9. The molecule has 3 N–H and O–H groups in total. The van der Waals surface area contributed by atoms with Gasteiger partial charge >= 0.3 is 5.97 Å². The Balaban J connectivity index is 1.56. The molecular weight excluding hydrogens is 436 g/mol. The highest BCUT2D eigenvalue weighted by molar-refractivity contribution is 6.32. The van der Waals surface area contributed by atoms with Crippen LogP contribution in [0, 0.1) is 0 Å². The Kier molecular flexibility index (Phi) is 6.63. The van der Waals surface area contributed by atoms with Gasteiger partial charge in [-0.05, 0) is 50.3 Å². The van der Waals surface area contributed by atoms with Crippen molar-refractivity contribution >= 4 is 23.4 Å². The minimum absolute atomic E-state index is 0.0237. The van der Waals surface area contributed by atoms with Crippen LogP contribution in [0.1, 0.15) is 58.9 Å². The first-order chi connectivity index (χ1) is 16.4. The lowest BCUT2D eigenvalue weighted by Crippen LogP contribution is -2.50. The average Bonchev–Trinajstić information content (AvgIpc) is 3.55. The molecule has 0 spiro atoms. The molecule has 1 fully saturated rings. The maximum absolute atomic E-state index is 13.5. The fourth-order valence-corrected chi connectivity index (χ4v) is 4.43. The minimum Gasteiger partial charge on any atom is -0.463 e. The number of Topliss-reactive ketones (excluding diaryl/α,β-unsaturated/α-hetero) is 2. The Hall–Kier alpha value is -3.36. The summed E-state index contributed by atoms with van der Waals surface area (Å²) in [5.74, 6) is -1.33. The SMILES string of the molecule is C/C(=C\C[C@@]12O[C@]1(C(=O)OCCCCO)C(=O)c1ccccc1C2=O)CCc1ccnc(N)c1. The molecule has 8 heteroatoms. The number of esters is 1. The summed E-state index contributed by atoms with van der Waals surface area (Å²) in [5.41, 5.74) is 4.63. The van der Waals surface area contributed by atoms with Crippen molar-refractivity contribution in [2.75, 3.05) is 18.9 Å². The number of epoxide rings is 1. The summed E-state index contributed by atoms with van der Waals surface area (Å²) in [6.45, 7) is 1.94. The summed E-state index contributed by atoms with van der Waals surface area (Å²) < 4.78 is 11.1. The van der Waals surface area contributed by atoms with E-state index in [1.165, 1.54) is 6.07 Å². The van der Waals surface area contributed by atoms with Crippen LogP contribution in [0.25, 0.3) is 0 Å². The lowest BCUT2D eigenvalue weighted by atomic mass is 9.72. The molecule has 0 radical (unpaired) electrons. The van der Waals surface area contributed by atoms with Gasteiger partial charge in [0.15, 0.2) is 11.4 Å². The quantitative estimate of drug-likeness (QED) is 0.180. The minimum atomic E-state index is -1.96. The van der Waals surface area contributed by atoms with Gasteiger partial charge in [0.1, 0.15) is 5.82 Å². The van der Waals surface area contributed by atoms with E-state index in [9.17, 15) is 14.4 Å². The highest BCUT2D eigenvalue weighted by Crippen LogP contribution is 2.58. The van der Waals surface area contributed by atoms with E-state index < -0.39 is 23.0 Å². The van der Waals surface area contributed by atoms with Crippen molar-refractivity contribution in [3.63, 3.8) is 0 Å². The number of hydrogen-bond acceptors (Lipinski definition) is 8. The number of anilines is 1. The van der Waals surface area contributed by atoms with Gasteiger partial charge in [-0.3, -0.25) is 9.59 Å². The monoisotopic (exact) mass is 464 g/mol. The summed E-state index contributed by atoms with van der Waals surface area (Å²) >= 11 is 0. The van der Waals surface area contributed by atoms with Gasteiger partial charge in [-0.15, -0.1) is 0 Å². The molecule has 0 saturated carbocycles. The predicted molar refractivity (Wildman–Crippen MR) is 124 cm³/mol. The Morgan fingerprint density at radius 3 is 2.62 bits per heavy atom. The Bertz CT molecular complexity index is 1160. The molecule has 4 rings (SSSR count). The number of allylic oxidation sites excluding steroid dienone is 1. The van der Waals surface area contributed by atoms with Crippen LogP contribution in [-0.4, -0.2) is 52.0 Å². The molecule has 8 nitrogen and oxygen atoms in total. The molecule has 0 bridgehead atoms. The average molecular weight is 465 g/mol. The highest BCUT2D eigenvalue weighted by Gasteiger charge is 2.85. The Labute approximate surface area is 197 Å². The maximum atomic E-state index is 13.5. The number of nitrogens with two attached hydrogens (primary N) is 1. The van der Waals surface area contributed by atoms with Crippen molar-refractivity contribution in [2.45, 2.75) is 50.2 Å². The molecule has 2 atom stereocenters. The largest absolute Gasteiger partial charge is 0.463 e. The van der Waals surface area contributed by atoms with Crippen LogP contribution in [0.2, 0.25) is 0 Å². The van der Waals surface area contributed by atoms with E-state index in [1.807, 2.05) is 25.1 Å². The van der Waals surface area contributed by atoms with Gasteiger partial charge in [0.2, 0.25) is 5.78 Å². The van der Waals surface area contributed by atoms with Gasteiger partial charge in [0.25, 0.3) is 5.60 Å². The number of aliphatic hydroxyl groups is 1. The zero-order chi connectivity index (χ0) is 24.3. The first kappa shape index (κ1) is 23.8. The number of aromatic nitrogens is 1. The number of nitrogen functional groups attached to an aromatic ring is 1. The third kappa shape index (κ3) is 4.03. The molecule has 1 saturated heterocycles. The summed E-state index contributed by atoms with van der Waals surface area (Å²) in [6.07, 6.45) is 5.94.